The van der Waals surface area contributed by atoms with Gasteiger partial charge in [0.05, 0.1) is 21.3 Å². The Kier molecular flexibility index (Phi) is 6.17. The van der Waals surface area contributed by atoms with E-state index in [0.29, 0.717) is 27.0 Å². The number of carbonyl (C=O) groups is 1. The van der Waals surface area contributed by atoms with Crippen LogP contribution in [0.3, 0.4) is 0 Å². The molecule has 150 valence electrons. The first-order chi connectivity index (χ1) is 13.7. The van der Waals surface area contributed by atoms with Gasteiger partial charge in [0.2, 0.25) is 0 Å². The van der Waals surface area contributed by atoms with Crippen molar-refractivity contribution in [3.8, 4) is 0 Å². The molecule has 8 heteroatoms. The van der Waals surface area contributed by atoms with Crippen molar-refractivity contribution in [2.75, 3.05) is 10.0 Å². The van der Waals surface area contributed by atoms with Crippen molar-refractivity contribution in [2.24, 2.45) is 0 Å². The molecule has 0 unspecified atom stereocenters. The Morgan fingerprint density at radius 2 is 1.59 bits per heavy atom. The van der Waals surface area contributed by atoms with Crippen molar-refractivity contribution < 1.29 is 13.2 Å². The topological polar surface area (TPSA) is 75.3 Å². The third-order valence-electron chi connectivity index (χ3n) is 4.31. The van der Waals surface area contributed by atoms with Gasteiger partial charge in [-0.2, -0.15) is 0 Å². The Morgan fingerprint density at radius 1 is 0.862 bits per heavy atom. The van der Waals surface area contributed by atoms with Gasteiger partial charge in [-0.3, -0.25) is 9.52 Å². The van der Waals surface area contributed by atoms with Crippen LogP contribution in [0.2, 0.25) is 10.0 Å². The highest BCUT2D eigenvalue weighted by Crippen LogP contribution is 2.27. The van der Waals surface area contributed by atoms with Gasteiger partial charge in [-0.1, -0.05) is 47.5 Å². The summed E-state index contributed by atoms with van der Waals surface area (Å²) in [7, 11) is -3.89. The van der Waals surface area contributed by atoms with Crippen molar-refractivity contribution in [1.82, 2.24) is 0 Å². The maximum atomic E-state index is 12.9. The maximum absolute atomic E-state index is 12.9. The summed E-state index contributed by atoms with van der Waals surface area (Å²) in [5.41, 5.74) is 2.30. The van der Waals surface area contributed by atoms with Crippen molar-refractivity contribution in [1.29, 1.82) is 0 Å². The highest BCUT2D eigenvalue weighted by molar-refractivity contribution is 7.92. The molecule has 0 saturated heterocycles. The number of sulfonamides is 1. The van der Waals surface area contributed by atoms with E-state index in [0.717, 1.165) is 5.56 Å². The van der Waals surface area contributed by atoms with E-state index in [1.807, 2.05) is 19.1 Å². The molecule has 0 heterocycles. The Bertz CT molecular complexity index is 1190. The van der Waals surface area contributed by atoms with E-state index >= 15 is 0 Å². The van der Waals surface area contributed by atoms with Crippen LogP contribution in [0.15, 0.2) is 65.6 Å². The summed E-state index contributed by atoms with van der Waals surface area (Å²) < 4.78 is 28.4. The molecular weight excluding hydrogens is 431 g/mol. The summed E-state index contributed by atoms with van der Waals surface area (Å²) in [5, 5.41) is 3.39. The second kappa shape index (κ2) is 8.45. The standard InChI is InChI=1S/C21H18Cl2N2O3S/c1-13-5-3-4-6-18(13)25-29(27,28)20-11-15(8-7-14(20)2)21(26)24-19-12-16(22)9-10-17(19)23/h3-12,25H,1-2H3,(H,24,26). The summed E-state index contributed by atoms with van der Waals surface area (Å²) >= 11 is 12.0. The molecule has 0 saturated carbocycles. The lowest BCUT2D eigenvalue weighted by Crippen LogP contribution is -2.17. The number of hydrogen-bond donors (Lipinski definition) is 2. The van der Waals surface area contributed by atoms with Gasteiger partial charge in [-0.05, 0) is 61.4 Å². The molecule has 3 aromatic carbocycles. The summed E-state index contributed by atoms with van der Waals surface area (Å²) in [4.78, 5) is 12.7. The smallest absolute Gasteiger partial charge is 0.262 e. The van der Waals surface area contributed by atoms with E-state index in [1.165, 1.54) is 12.1 Å². The average Bonchev–Trinajstić information content (AvgIpc) is 2.66. The normalized spacial score (nSPS) is 11.2. The van der Waals surface area contributed by atoms with Gasteiger partial charge in [-0.15, -0.1) is 0 Å². The van der Waals surface area contributed by atoms with Crippen LogP contribution in [0.1, 0.15) is 21.5 Å². The number of hydrogen-bond acceptors (Lipinski definition) is 3. The Hall–Kier alpha value is -2.54. The number of para-hydroxylation sites is 1. The van der Waals surface area contributed by atoms with Gasteiger partial charge in [0.25, 0.3) is 15.9 Å². The summed E-state index contributed by atoms with van der Waals surface area (Å²) in [6.07, 6.45) is 0. The first kappa shape index (κ1) is 21.2. The predicted octanol–water partition coefficient (Wildman–Crippen LogP) is 5.66. The predicted molar refractivity (Wildman–Crippen MR) is 118 cm³/mol. The molecule has 0 aliphatic heterocycles. The summed E-state index contributed by atoms with van der Waals surface area (Å²) in [6.45, 7) is 3.48. The fraction of sp³-hybridized carbons (Fsp3) is 0.0952. The summed E-state index contributed by atoms with van der Waals surface area (Å²) in [6, 6.07) is 16.2. The van der Waals surface area contributed by atoms with Gasteiger partial charge in [0.15, 0.2) is 0 Å². The number of anilines is 2. The molecule has 2 N–H and O–H groups in total. The molecule has 3 aromatic rings. The fourth-order valence-corrected chi connectivity index (χ4v) is 4.45. The number of rotatable bonds is 5. The molecule has 5 nitrogen and oxygen atoms in total. The third kappa shape index (κ3) is 4.90. The number of aryl methyl sites for hydroxylation is 2. The largest absolute Gasteiger partial charge is 0.321 e. The third-order valence-corrected chi connectivity index (χ3v) is 6.38. The lowest BCUT2D eigenvalue weighted by atomic mass is 10.1. The van der Waals surface area contributed by atoms with Crippen molar-refractivity contribution in [2.45, 2.75) is 18.7 Å². The van der Waals surface area contributed by atoms with Crippen LogP contribution < -0.4 is 10.0 Å². The molecule has 29 heavy (non-hydrogen) atoms. The van der Waals surface area contributed by atoms with E-state index in [4.69, 9.17) is 23.2 Å². The van der Waals surface area contributed by atoms with Crippen LogP contribution in [0.25, 0.3) is 0 Å². The Labute approximate surface area is 179 Å². The van der Waals surface area contributed by atoms with E-state index in [1.54, 1.807) is 43.3 Å². The first-order valence-electron chi connectivity index (χ1n) is 8.63. The van der Waals surface area contributed by atoms with Gasteiger partial charge in [-0.25, -0.2) is 8.42 Å². The molecule has 1 amide bonds. The zero-order valence-electron chi connectivity index (χ0n) is 15.7. The monoisotopic (exact) mass is 448 g/mol. The van der Waals surface area contributed by atoms with Crippen molar-refractivity contribution >= 4 is 50.5 Å². The maximum Gasteiger partial charge on any atom is 0.262 e. The molecule has 0 aliphatic carbocycles. The molecule has 0 fully saturated rings. The first-order valence-corrected chi connectivity index (χ1v) is 10.9. The SMILES string of the molecule is Cc1ccccc1NS(=O)(=O)c1cc(C(=O)Nc2cc(Cl)ccc2Cl)ccc1C. The molecule has 0 aromatic heterocycles. The van der Waals surface area contributed by atoms with Crippen LogP contribution in [0.5, 0.6) is 0 Å². The fourth-order valence-electron chi connectivity index (χ4n) is 2.71. The molecule has 0 spiro atoms. The zero-order chi connectivity index (χ0) is 21.2. The molecular formula is C21H18Cl2N2O3S. The molecule has 0 bridgehead atoms. The minimum atomic E-state index is -3.89. The molecule has 3 rings (SSSR count). The molecule has 0 radical (unpaired) electrons. The number of carbonyl (C=O) groups excluding carboxylic acids is 1. The lowest BCUT2D eigenvalue weighted by molar-refractivity contribution is 0.102. The van der Waals surface area contributed by atoms with Gasteiger partial charge < -0.3 is 5.32 Å². The summed E-state index contributed by atoms with van der Waals surface area (Å²) in [5.74, 6) is -0.499. The lowest BCUT2D eigenvalue weighted by Gasteiger charge is -2.14. The van der Waals surface area contributed by atoms with Crippen molar-refractivity contribution in [3.05, 3.63) is 87.4 Å². The Balaban J connectivity index is 1.92. The highest BCUT2D eigenvalue weighted by Gasteiger charge is 2.20. The van der Waals surface area contributed by atoms with Crippen LogP contribution in [0.4, 0.5) is 11.4 Å². The minimum absolute atomic E-state index is 0.0191. The van der Waals surface area contributed by atoms with E-state index in [9.17, 15) is 13.2 Å². The zero-order valence-corrected chi connectivity index (χ0v) is 18.0. The number of benzene rings is 3. The second-order valence-corrected chi connectivity index (χ2v) is 8.97. The Morgan fingerprint density at radius 3 is 2.31 bits per heavy atom. The van der Waals surface area contributed by atoms with E-state index in [2.05, 4.69) is 10.0 Å². The van der Waals surface area contributed by atoms with Crippen LogP contribution >= 0.6 is 23.2 Å². The van der Waals surface area contributed by atoms with Crippen LogP contribution in [-0.2, 0) is 10.0 Å². The van der Waals surface area contributed by atoms with Gasteiger partial charge in [0, 0.05) is 10.6 Å². The molecule has 0 aliphatic rings. The second-order valence-electron chi connectivity index (χ2n) is 6.48. The molecule has 0 atom stereocenters. The van der Waals surface area contributed by atoms with Gasteiger partial charge >= 0.3 is 0 Å². The average molecular weight is 449 g/mol. The highest BCUT2D eigenvalue weighted by atomic mass is 35.5. The van der Waals surface area contributed by atoms with E-state index in [-0.39, 0.29) is 10.5 Å². The quantitative estimate of drug-likeness (QED) is 0.528. The number of halogens is 2. The van der Waals surface area contributed by atoms with Crippen LogP contribution in [0, 0.1) is 13.8 Å². The minimum Gasteiger partial charge on any atom is -0.321 e. The van der Waals surface area contributed by atoms with Crippen molar-refractivity contribution in [3.63, 3.8) is 0 Å². The van der Waals surface area contributed by atoms with Gasteiger partial charge in [0.1, 0.15) is 0 Å². The number of nitrogens with one attached hydrogen (secondary N) is 2. The number of amides is 1. The van der Waals surface area contributed by atoms with Crippen LogP contribution in [-0.4, -0.2) is 14.3 Å². The van der Waals surface area contributed by atoms with E-state index < -0.39 is 15.9 Å².